The normalized spacial score (nSPS) is 10.7. The Labute approximate surface area is 163 Å². The quantitative estimate of drug-likeness (QED) is 0.684. The van der Waals surface area contributed by atoms with E-state index in [1.165, 1.54) is 4.68 Å². The van der Waals surface area contributed by atoms with Gasteiger partial charge in [0.05, 0.1) is 35.9 Å². The van der Waals surface area contributed by atoms with Gasteiger partial charge in [-0.2, -0.15) is 10.2 Å². The molecule has 3 rings (SSSR count). The topological polar surface area (TPSA) is 93.8 Å². The second-order valence-corrected chi connectivity index (χ2v) is 6.71. The molecule has 2 aromatic heterocycles. The lowest BCUT2D eigenvalue weighted by Crippen LogP contribution is -2.34. The molecule has 0 bridgehead atoms. The van der Waals surface area contributed by atoms with E-state index in [9.17, 15) is 9.59 Å². The Hall–Kier alpha value is -3.42. The van der Waals surface area contributed by atoms with E-state index in [-0.39, 0.29) is 18.4 Å². The second-order valence-electron chi connectivity index (χ2n) is 6.71. The molecule has 1 aromatic carbocycles. The van der Waals surface area contributed by atoms with Gasteiger partial charge in [0.1, 0.15) is 5.69 Å². The molecule has 0 aliphatic rings. The molecule has 28 heavy (non-hydrogen) atoms. The smallest absolute Gasteiger partial charge is 0.269 e. The molecule has 0 unspecified atom stereocenters. The molecule has 0 saturated heterocycles. The Morgan fingerprint density at radius 1 is 1.07 bits per heavy atom. The monoisotopic (exact) mass is 380 g/mol. The van der Waals surface area contributed by atoms with Gasteiger partial charge in [-0.1, -0.05) is 30.3 Å². The Morgan fingerprint density at radius 2 is 1.79 bits per heavy atom. The van der Waals surface area contributed by atoms with E-state index in [0.717, 1.165) is 22.6 Å². The minimum absolute atomic E-state index is 0.133. The minimum atomic E-state index is -0.341. The summed E-state index contributed by atoms with van der Waals surface area (Å²) in [5.74, 6) is -0.649. The number of aromatic nitrogens is 4. The molecule has 2 amide bonds. The van der Waals surface area contributed by atoms with Crippen LogP contribution in [0.25, 0.3) is 0 Å². The lowest BCUT2D eigenvalue weighted by molar-refractivity contribution is -0.115. The maximum absolute atomic E-state index is 12.3. The third kappa shape index (κ3) is 4.28. The van der Waals surface area contributed by atoms with E-state index in [4.69, 9.17) is 0 Å². The fourth-order valence-electron chi connectivity index (χ4n) is 3.05. The highest BCUT2D eigenvalue weighted by molar-refractivity contribution is 5.99. The van der Waals surface area contributed by atoms with Crippen molar-refractivity contribution in [1.29, 1.82) is 0 Å². The molecule has 0 fully saturated rings. The summed E-state index contributed by atoms with van der Waals surface area (Å²) >= 11 is 0. The van der Waals surface area contributed by atoms with Crippen molar-refractivity contribution in [3.8, 4) is 0 Å². The van der Waals surface area contributed by atoms with E-state index < -0.39 is 0 Å². The zero-order valence-corrected chi connectivity index (χ0v) is 16.5. The van der Waals surface area contributed by atoms with Gasteiger partial charge in [0.2, 0.25) is 5.91 Å². The number of anilines is 1. The lowest BCUT2D eigenvalue weighted by atomic mass is 10.2. The fraction of sp³-hybridized carbons (Fsp3) is 0.300. The van der Waals surface area contributed by atoms with Crippen LogP contribution in [-0.4, -0.2) is 37.9 Å². The van der Waals surface area contributed by atoms with Gasteiger partial charge < -0.3 is 10.6 Å². The predicted molar refractivity (Wildman–Crippen MR) is 106 cm³/mol. The summed E-state index contributed by atoms with van der Waals surface area (Å²) in [5, 5.41) is 14.1. The van der Waals surface area contributed by atoms with E-state index in [2.05, 4.69) is 20.8 Å². The van der Waals surface area contributed by atoms with Crippen molar-refractivity contribution in [2.75, 3.05) is 11.9 Å². The number of hydrogen-bond acceptors (Lipinski definition) is 4. The third-order valence-electron chi connectivity index (χ3n) is 4.47. The Morgan fingerprint density at radius 3 is 2.43 bits per heavy atom. The zero-order valence-electron chi connectivity index (χ0n) is 16.5. The second kappa shape index (κ2) is 8.08. The Kier molecular flexibility index (Phi) is 5.58. The van der Waals surface area contributed by atoms with Crippen LogP contribution in [0.3, 0.4) is 0 Å². The molecule has 8 heteroatoms. The molecule has 0 spiro atoms. The molecule has 146 valence electrons. The molecule has 0 aliphatic heterocycles. The van der Waals surface area contributed by atoms with E-state index in [0.29, 0.717) is 17.9 Å². The van der Waals surface area contributed by atoms with Crippen LogP contribution in [-0.2, 0) is 18.4 Å². The SMILES string of the molecule is Cc1cc(C(=O)NCC(=O)Nc2c(C)nn(Cc3ccccc3)c2C)n(C)n1. The maximum Gasteiger partial charge on any atom is 0.269 e. The number of hydrogen-bond donors (Lipinski definition) is 2. The number of nitrogens with one attached hydrogen (secondary N) is 2. The highest BCUT2D eigenvalue weighted by Gasteiger charge is 2.16. The average Bonchev–Trinajstić information content (AvgIpc) is 3.13. The van der Waals surface area contributed by atoms with Crippen LogP contribution in [0.1, 0.15) is 33.1 Å². The molecule has 3 aromatic rings. The molecule has 0 atom stereocenters. The predicted octanol–water partition coefficient (Wildman–Crippen LogP) is 1.96. The number of rotatable bonds is 6. The number of aryl methyl sites for hydroxylation is 3. The number of benzene rings is 1. The summed E-state index contributed by atoms with van der Waals surface area (Å²) in [7, 11) is 1.69. The van der Waals surface area contributed by atoms with Crippen LogP contribution in [0.4, 0.5) is 5.69 Å². The summed E-state index contributed by atoms with van der Waals surface area (Å²) < 4.78 is 3.35. The van der Waals surface area contributed by atoms with Crippen molar-refractivity contribution in [3.63, 3.8) is 0 Å². The maximum atomic E-state index is 12.3. The summed E-state index contributed by atoms with van der Waals surface area (Å²) in [5.41, 5.74) is 4.55. The van der Waals surface area contributed by atoms with Crippen LogP contribution in [0, 0.1) is 20.8 Å². The highest BCUT2D eigenvalue weighted by atomic mass is 16.2. The molecule has 8 nitrogen and oxygen atoms in total. The van der Waals surface area contributed by atoms with Crippen LogP contribution < -0.4 is 10.6 Å². The van der Waals surface area contributed by atoms with Crippen LogP contribution in [0.5, 0.6) is 0 Å². The Bertz CT molecular complexity index is 1000. The van der Waals surface area contributed by atoms with Gasteiger partial charge in [0.15, 0.2) is 0 Å². The van der Waals surface area contributed by atoms with Crippen molar-refractivity contribution in [1.82, 2.24) is 24.9 Å². The average molecular weight is 380 g/mol. The molecule has 2 N–H and O–H groups in total. The van der Waals surface area contributed by atoms with Gasteiger partial charge in [-0.15, -0.1) is 0 Å². The lowest BCUT2D eigenvalue weighted by Gasteiger charge is -2.08. The van der Waals surface area contributed by atoms with Crippen LogP contribution in [0.15, 0.2) is 36.4 Å². The van der Waals surface area contributed by atoms with Crippen molar-refractivity contribution in [2.24, 2.45) is 7.05 Å². The van der Waals surface area contributed by atoms with E-state index in [1.807, 2.05) is 55.8 Å². The molecular formula is C20H24N6O2. The number of carbonyl (C=O) groups excluding carboxylic acids is 2. The van der Waals surface area contributed by atoms with Gasteiger partial charge >= 0.3 is 0 Å². The molecular weight excluding hydrogens is 356 g/mol. The van der Waals surface area contributed by atoms with Gasteiger partial charge in [-0.3, -0.25) is 19.0 Å². The van der Waals surface area contributed by atoms with Crippen molar-refractivity contribution in [3.05, 3.63) is 64.7 Å². The third-order valence-corrected chi connectivity index (χ3v) is 4.47. The fourth-order valence-corrected chi connectivity index (χ4v) is 3.05. The van der Waals surface area contributed by atoms with E-state index >= 15 is 0 Å². The Balaban J connectivity index is 1.62. The highest BCUT2D eigenvalue weighted by Crippen LogP contribution is 2.20. The van der Waals surface area contributed by atoms with Crippen LogP contribution in [0.2, 0.25) is 0 Å². The molecule has 0 radical (unpaired) electrons. The molecule has 0 aliphatic carbocycles. The largest absolute Gasteiger partial charge is 0.342 e. The first-order chi connectivity index (χ1) is 13.3. The standard InChI is InChI=1S/C20H24N6O2/c1-13-10-17(25(4)23-13)20(28)21-11-18(27)22-19-14(2)24-26(15(19)3)12-16-8-6-5-7-9-16/h5-10H,11-12H2,1-4H3,(H,21,28)(H,22,27). The van der Waals surface area contributed by atoms with Gasteiger partial charge in [0.25, 0.3) is 5.91 Å². The summed E-state index contributed by atoms with van der Waals surface area (Å²) in [6.07, 6.45) is 0. The first-order valence-electron chi connectivity index (χ1n) is 9.01. The van der Waals surface area contributed by atoms with Gasteiger partial charge in [-0.25, -0.2) is 0 Å². The first kappa shape index (κ1) is 19.3. The first-order valence-corrected chi connectivity index (χ1v) is 9.01. The number of nitrogens with zero attached hydrogens (tertiary/aromatic N) is 4. The van der Waals surface area contributed by atoms with Gasteiger partial charge in [-0.05, 0) is 32.4 Å². The summed E-state index contributed by atoms with van der Waals surface area (Å²) in [4.78, 5) is 24.5. The summed E-state index contributed by atoms with van der Waals surface area (Å²) in [6.45, 7) is 6.06. The zero-order chi connectivity index (χ0) is 20.3. The molecule has 2 heterocycles. The van der Waals surface area contributed by atoms with Crippen LogP contribution >= 0.6 is 0 Å². The number of carbonyl (C=O) groups is 2. The van der Waals surface area contributed by atoms with Crippen molar-refractivity contribution in [2.45, 2.75) is 27.3 Å². The number of amides is 2. The molecule has 0 saturated carbocycles. The summed E-state index contributed by atoms with van der Waals surface area (Å²) in [6, 6.07) is 11.7. The van der Waals surface area contributed by atoms with Gasteiger partial charge in [0, 0.05) is 7.05 Å². The van der Waals surface area contributed by atoms with E-state index in [1.54, 1.807) is 13.1 Å². The van der Waals surface area contributed by atoms with Crippen molar-refractivity contribution >= 4 is 17.5 Å². The minimum Gasteiger partial charge on any atom is -0.342 e. The van der Waals surface area contributed by atoms with Crippen molar-refractivity contribution < 1.29 is 9.59 Å².